The maximum absolute atomic E-state index is 12.3. The van der Waals surface area contributed by atoms with Crippen molar-refractivity contribution in [3.63, 3.8) is 0 Å². The van der Waals surface area contributed by atoms with Crippen molar-refractivity contribution in [2.24, 2.45) is 0 Å². The van der Waals surface area contributed by atoms with Gasteiger partial charge in [0.25, 0.3) is 5.91 Å². The van der Waals surface area contributed by atoms with Crippen LogP contribution in [0.15, 0.2) is 54.6 Å². The van der Waals surface area contributed by atoms with Gasteiger partial charge < -0.3 is 24.3 Å². The Balaban J connectivity index is 1.45. The lowest BCUT2D eigenvalue weighted by atomic mass is 10.2. The number of aromatic nitrogens is 4. The standard InChI is InChI=1S/C23H23N5O5/c1-30-16-6-4-5-15(13-16)23(29)24-11-12-33-21-10-9-20-25-26-22(28(20)27-21)18-14-17(31-2)7-8-19(18)32-3/h4-10,13-14H,11-12H2,1-3H3,(H,24,29). The summed E-state index contributed by atoms with van der Waals surface area (Å²) < 4.78 is 23.2. The van der Waals surface area contributed by atoms with Crippen LogP contribution in [0.5, 0.6) is 23.1 Å². The highest BCUT2D eigenvalue weighted by Gasteiger charge is 2.16. The van der Waals surface area contributed by atoms with E-state index < -0.39 is 0 Å². The molecule has 4 aromatic rings. The normalized spacial score (nSPS) is 10.6. The predicted octanol–water partition coefficient (Wildman–Crippen LogP) is 2.63. The third kappa shape index (κ3) is 4.79. The zero-order valence-corrected chi connectivity index (χ0v) is 18.4. The summed E-state index contributed by atoms with van der Waals surface area (Å²) in [6.45, 7) is 0.530. The largest absolute Gasteiger partial charge is 0.497 e. The number of nitrogens with zero attached hydrogens (tertiary/aromatic N) is 4. The molecule has 0 saturated carbocycles. The van der Waals surface area contributed by atoms with E-state index in [9.17, 15) is 4.79 Å². The first-order valence-electron chi connectivity index (χ1n) is 10.1. The monoisotopic (exact) mass is 449 g/mol. The molecule has 0 saturated heterocycles. The summed E-state index contributed by atoms with van der Waals surface area (Å²) in [5.74, 6) is 2.51. The Hall–Kier alpha value is -4.34. The second-order valence-corrected chi connectivity index (χ2v) is 6.87. The fourth-order valence-electron chi connectivity index (χ4n) is 3.19. The van der Waals surface area contributed by atoms with Crippen molar-refractivity contribution in [2.75, 3.05) is 34.5 Å². The van der Waals surface area contributed by atoms with Crippen molar-refractivity contribution >= 4 is 11.6 Å². The number of hydrogen-bond donors (Lipinski definition) is 1. The summed E-state index contributed by atoms with van der Waals surface area (Å²) in [6.07, 6.45) is 0. The first-order valence-corrected chi connectivity index (χ1v) is 10.1. The molecule has 33 heavy (non-hydrogen) atoms. The summed E-state index contributed by atoms with van der Waals surface area (Å²) in [7, 11) is 4.72. The Bertz CT molecular complexity index is 1270. The summed E-state index contributed by atoms with van der Waals surface area (Å²) in [5.41, 5.74) is 1.74. The third-order valence-electron chi connectivity index (χ3n) is 4.86. The minimum atomic E-state index is -0.216. The fraction of sp³-hybridized carbons (Fsp3) is 0.217. The van der Waals surface area contributed by atoms with E-state index in [1.54, 1.807) is 80.4 Å². The molecule has 0 aliphatic heterocycles. The highest BCUT2D eigenvalue weighted by atomic mass is 16.5. The summed E-state index contributed by atoms with van der Waals surface area (Å²) in [4.78, 5) is 12.3. The van der Waals surface area contributed by atoms with E-state index in [0.717, 1.165) is 0 Å². The first-order chi connectivity index (χ1) is 16.1. The molecule has 170 valence electrons. The van der Waals surface area contributed by atoms with Gasteiger partial charge in [0.05, 0.1) is 33.4 Å². The van der Waals surface area contributed by atoms with Gasteiger partial charge in [-0.1, -0.05) is 6.07 Å². The summed E-state index contributed by atoms with van der Waals surface area (Å²) in [5, 5.41) is 15.7. The Kier molecular flexibility index (Phi) is 6.53. The van der Waals surface area contributed by atoms with Crippen LogP contribution in [0.1, 0.15) is 10.4 Å². The van der Waals surface area contributed by atoms with E-state index in [0.29, 0.717) is 52.3 Å². The molecule has 10 nitrogen and oxygen atoms in total. The molecular weight excluding hydrogens is 426 g/mol. The molecule has 1 amide bonds. The van der Waals surface area contributed by atoms with Crippen molar-refractivity contribution in [1.82, 2.24) is 25.1 Å². The molecule has 0 fully saturated rings. The molecule has 0 aliphatic carbocycles. The smallest absolute Gasteiger partial charge is 0.251 e. The Morgan fingerprint density at radius 3 is 2.55 bits per heavy atom. The number of amides is 1. The molecule has 10 heteroatoms. The molecule has 0 unspecified atom stereocenters. The van der Waals surface area contributed by atoms with E-state index in [2.05, 4.69) is 20.6 Å². The van der Waals surface area contributed by atoms with Crippen LogP contribution in [-0.4, -0.2) is 60.2 Å². The molecule has 2 aromatic heterocycles. The minimum absolute atomic E-state index is 0.216. The number of benzene rings is 2. The molecule has 4 rings (SSSR count). The average molecular weight is 449 g/mol. The van der Waals surface area contributed by atoms with Crippen LogP contribution in [0.2, 0.25) is 0 Å². The Morgan fingerprint density at radius 2 is 1.76 bits per heavy atom. The van der Waals surface area contributed by atoms with Crippen molar-refractivity contribution < 1.29 is 23.7 Å². The van der Waals surface area contributed by atoms with Crippen molar-refractivity contribution in [3.05, 3.63) is 60.2 Å². The van der Waals surface area contributed by atoms with Crippen LogP contribution in [0.4, 0.5) is 0 Å². The van der Waals surface area contributed by atoms with Gasteiger partial charge in [0.2, 0.25) is 5.88 Å². The van der Waals surface area contributed by atoms with Crippen LogP contribution in [-0.2, 0) is 0 Å². The van der Waals surface area contributed by atoms with Gasteiger partial charge in [0.1, 0.15) is 23.9 Å². The predicted molar refractivity (Wildman–Crippen MR) is 120 cm³/mol. The van der Waals surface area contributed by atoms with Gasteiger partial charge in [0.15, 0.2) is 11.5 Å². The van der Waals surface area contributed by atoms with Gasteiger partial charge >= 0.3 is 0 Å². The topological polar surface area (TPSA) is 109 Å². The van der Waals surface area contributed by atoms with E-state index in [-0.39, 0.29) is 12.5 Å². The van der Waals surface area contributed by atoms with Crippen molar-refractivity contribution in [2.45, 2.75) is 0 Å². The Morgan fingerprint density at radius 1 is 0.939 bits per heavy atom. The number of nitrogens with one attached hydrogen (secondary N) is 1. The van der Waals surface area contributed by atoms with Gasteiger partial charge in [-0.25, -0.2) is 0 Å². The maximum Gasteiger partial charge on any atom is 0.251 e. The fourth-order valence-corrected chi connectivity index (χ4v) is 3.19. The molecule has 1 N–H and O–H groups in total. The number of methoxy groups -OCH3 is 3. The van der Waals surface area contributed by atoms with Crippen LogP contribution in [0, 0.1) is 0 Å². The van der Waals surface area contributed by atoms with E-state index in [1.165, 1.54) is 0 Å². The van der Waals surface area contributed by atoms with E-state index in [1.807, 2.05) is 0 Å². The molecule has 0 aliphatic rings. The molecule has 0 atom stereocenters. The number of rotatable bonds is 9. The van der Waals surface area contributed by atoms with Crippen LogP contribution < -0.4 is 24.3 Å². The SMILES string of the molecule is COc1cccc(C(=O)NCCOc2ccc3nnc(-c4cc(OC)ccc4OC)n3n2)c1. The molecular formula is C23H23N5O5. The molecule has 2 heterocycles. The highest BCUT2D eigenvalue weighted by Crippen LogP contribution is 2.32. The molecule has 0 bridgehead atoms. The molecule has 0 radical (unpaired) electrons. The van der Waals surface area contributed by atoms with Gasteiger partial charge in [-0.2, -0.15) is 4.52 Å². The average Bonchev–Trinajstić information content (AvgIpc) is 3.29. The van der Waals surface area contributed by atoms with Gasteiger partial charge in [-0.15, -0.1) is 15.3 Å². The van der Waals surface area contributed by atoms with Crippen LogP contribution in [0.3, 0.4) is 0 Å². The highest BCUT2D eigenvalue weighted by molar-refractivity contribution is 5.94. The van der Waals surface area contributed by atoms with E-state index in [4.69, 9.17) is 18.9 Å². The summed E-state index contributed by atoms with van der Waals surface area (Å²) >= 11 is 0. The quantitative estimate of drug-likeness (QED) is 0.389. The van der Waals surface area contributed by atoms with Crippen molar-refractivity contribution in [3.8, 4) is 34.5 Å². The summed E-state index contributed by atoms with van der Waals surface area (Å²) in [6, 6.07) is 15.8. The second-order valence-electron chi connectivity index (χ2n) is 6.87. The lowest BCUT2D eigenvalue weighted by Crippen LogP contribution is -2.28. The maximum atomic E-state index is 12.3. The Labute approximate surface area is 190 Å². The number of fused-ring (bicyclic) bond motifs is 1. The van der Waals surface area contributed by atoms with Crippen LogP contribution >= 0.6 is 0 Å². The lowest BCUT2D eigenvalue weighted by Gasteiger charge is -2.10. The van der Waals surface area contributed by atoms with Crippen LogP contribution in [0.25, 0.3) is 17.0 Å². The number of hydrogen-bond acceptors (Lipinski definition) is 8. The van der Waals surface area contributed by atoms with Gasteiger partial charge in [0, 0.05) is 11.6 Å². The van der Waals surface area contributed by atoms with Gasteiger partial charge in [-0.05, 0) is 42.5 Å². The minimum Gasteiger partial charge on any atom is -0.497 e. The molecule has 0 spiro atoms. The molecule has 2 aromatic carbocycles. The first kappa shape index (κ1) is 21.9. The number of ether oxygens (including phenoxy) is 4. The lowest BCUT2D eigenvalue weighted by molar-refractivity contribution is 0.0946. The number of carbonyl (C=O) groups is 1. The second kappa shape index (κ2) is 9.86. The number of carbonyl (C=O) groups excluding carboxylic acids is 1. The van der Waals surface area contributed by atoms with Gasteiger partial charge in [-0.3, -0.25) is 4.79 Å². The zero-order valence-electron chi connectivity index (χ0n) is 18.4. The van der Waals surface area contributed by atoms with E-state index >= 15 is 0 Å². The third-order valence-corrected chi connectivity index (χ3v) is 4.86. The van der Waals surface area contributed by atoms with Crippen molar-refractivity contribution in [1.29, 1.82) is 0 Å². The zero-order chi connectivity index (χ0) is 23.2.